The van der Waals surface area contributed by atoms with E-state index >= 15 is 0 Å². The van der Waals surface area contributed by atoms with Crippen molar-refractivity contribution < 1.29 is 13.2 Å². The Kier molecular flexibility index (Phi) is 5.80. The maximum absolute atomic E-state index is 12.6. The van der Waals surface area contributed by atoms with Gasteiger partial charge in [-0.3, -0.25) is 9.52 Å². The average molecular weight is 394 g/mol. The summed E-state index contributed by atoms with van der Waals surface area (Å²) in [5, 5.41) is 2.92. The Morgan fingerprint density at radius 3 is 2.25 bits per heavy atom. The van der Waals surface area contributed by atoms with Crippen molar-refractivity contribution in [2.24, 2.45) is 0 Å². The van der Waals surface area contributed by atoms with Crippen molar-refractivity contribution in [3.8, 4) is 0 Å². The lowest BCUT2D eigenvalue weighted by molar-refractivity contribution is 0.0940. The highest BCUT2D eigenvalue weighted by Gasteiger charge is 2.16. The summed E-state index contributed by atoms with van der Waals surface area (Å²) in [7, 11) is -3.72. The Balaban J connectivity index is 1.74. The molecule has 6 heteroatoms. The molecule has 0 bridgehead atoms. The summed E-state index contributed by atoms with van der Waals surface area (Å²) in [6, 6.07) is 22.5. The zero-order valence-electron chi connectivity index (χ0n) is 15.7. The molecule has 3 aromatic carbocycles. The Hall–Kier alpha value is -3.12. The van der Waals surface area contributed by atoms with Gasteiger partial charge in [0.2, 0.25) is 0 Å². The summed E-state index contributed by atoms with van der Waals surface area (Å²) >= 11 is 0. The Labute approximate surface area is 165 Å². The molecule has 1 atom stereocenters. The van der Waals surface area contributed by atoms with Gasteiger partial charge in [-0.15, -0.1) is 0 Å². The molecule has 0 spiro atoms. The summed E-state index contributed by atoms with van der Waals surface area (Å²) in [5.74, 6) is -0.271. The van der Waals surface area contributed by atoms with Crippen molar-refractivity contribution >= 4 is 21.6 Å². The molecule has 0 fully saturated rings. The third-order valence-electron chi connectivity index (χ3n) is 4.36. The molecular formula is C22H22N2O3S. The van der Waals surface area contributed by atoms with Crippen molar-refractivity contribution in [3.05, 3.63) is 95.6 Å². The van der Waals surface area contributed by atoms with Gasteiger partial charge in [0.05, 0.1) is 10.9 Å². The van der Waals surface area contributed by atoms with E-state index < -0.39 is 10.0 Å². The average Bonchev–Trinajstić information content (AvgIpc) is 2.69. The standard InChI is InChI=1S/C22H22N2O3S/c1-16-11-13-21(14-12-16)28(26,27)24-20-10-6-9-19(15-20)22(25)23-17(2)18-7-4-3-5-8-18/h3-15,17,24H,1-2H3,(H,23,25)/t17-/m0/s1. The number of anilines is 1. The predicted octanol–water partition coefficient (Wildman–Crippen LogP) is 4.29. The summed E-state index contributed by atoms with van der Waals surface area (Å²) in [4.78, 5) is 12.7. The van der Waals surface area contributed by atoms with E-state index in [4.69, 9.17) is 0 Å². The Morgan fingerprint density at radius 2 is 1.57 bits per heavy atom. The number of carbonyl (C=O) groups excluding carboxylic acids is 1. The Morgan fingerprint density at radius 1 is 0.893 bits per heavy atom. The second-order valence-corrected chi connectivity index (χ2v) is 8.29. The van der Waals surface area contributed by atoms with E-state index in [0.29, 0.717) is 11.3 Å². The molecule has 0 saturated carbocycles. The van der Waals surface area contributed by atoms with Gasteiger partial charge in [0.25, 0.3) is 15.9 Å². The summed E-state index contributed by atoms with van der Waals surface area (Å²) in [5.41, 5.74) is 2.68. The van der Waals surface area contributed by atoms with E-state index in [1.165, 1.54) is 6.07 Å². The fraction of sp³-hybridized carbons (Fsp3) is 0.136. The van der Waals surface area contributed by atoms with Gasteiger partial charge in [0.15, 0.2) is 0 Å². The Bertz CT molecular complexity index is 1060. The molecule has 5 nitrogen and oxygen atoms in total. The van der Waals surface area contributed by atoms with Crippen molar-refractivity contribution in [3.63, 3.8) is 0 Å². The molecule has 3 aromatic rings. The van der Waals surface area contributed by atoms with Gasteiger partial charge < -0.3 is 5.32 Å². The minimum absolute atomic E-state index is 0.165. The van der Waals surface area contributed by atoms with Crippen LogP contribution in [0.5, 0.6) is 0 Å². The molecule has 2 N–H and O–H groups in total. The SMILES string of the molecule is Cc1ccc(S(=O)(=O)Nc2cccc(C(=O)N[C@@H](C)c3ccccc3)c2)cc1. The predicted molar refractivity (Wildman–Crippen MR) is 111 cm³/mol. The van der Waals surface area contributed by atoms with E-state index in [0.717, 1.165) is 11.1 Å². The summed E-state index contributed by atoms with van der Waals surface area (Å²) in [6.07, 6.45) is 0. The molecule has 0 aliphatic heterocycles. The molecule has 0 heterocycles. The van der Waals surface area contributed by atoms with Crippen LogP contribution < -0.4 is 10.0 Å². The fourth-order valence-corrected chi connectivity index (χ4v) is 3.81. The molecule has 0 unspecified atom stereocenters. The summed E-state index contributed by atoms with van der Waals surface area (Å²) in [6.45, 7) is 3.79. The first-order valence-corrected chi connectivity index (χ1v) is 10.4. The normalized spacial score (nSPS) is 12.2. The van der Waals surface area contributed by atoms with E-state index in [9.17, 15) is 13.2 Å². The quantitative estimate of drug-likeness (QED) is 0.655. The molecule has 144 valence electrons. The maximum Gasteiger partial charge on any atom is 0.261 e. The van der Waals surface area contributed by atoms with Crippen molar-refractivity contribution in [2.75, 3.05) is 4.72 Å². The lowest BCUT2D eigenvalue weighted by Crippen LogP contribution is -2.26. The number of nitrogens with one attached hydrogen (secondary N) is 2. The van der Waals surface area contributed by atoms with Gasteiger partial charge in [0, 0.05) is 11.3 Å². The molecular weight excluding hydrogens is 372 g/mol. The van der Waals surface area contributed by atoms with Crippen molar-refractivity contribution in [2.45, 2.75) is 24.8 Å². The van der Waals surface area contributed by atoms with Gasteiger partial charge in [-0.2, -0.15) is 0 Å². The van der Waals surface area contributed by atoms with E-state index in [1.54, 1.807) is 42.5 Å². The van der Waals surface area contributed by atoms with Crippen LogP contribution in [0.2, 0.25) is 0 Å². The zero-order chi connectivity index (χ0) is 20.1. The van der Waals surface area contributed by atoms with Crippen LogP contribution in [-0.4, -0.2) is 14.3 Å². The molecule has 0 aliphatic rings. The number of carbonyl (C=O) groups is 1. The van der Waals surface area contributed by atoms with Gasteiger partial charge in [-0.1, -0.05) is 54.1 Å². The van der Waals surface area contributed by atoms with Crippen LogP contribution in [0.1, 0.15) is 34.5 Å². The lowest BCUT2D eigenvalue weighted by Gasteiger charge is -2.15. The van der Waals surface area contributed by atoms with Crippen LogP contribution in [-0.2, 0) is 10.0 Å². The van der Waals surface area contributed by atoms with E-state index in [-0.39, 0.29) is 16.8 Å². The topological polar surface area (TPSA) is 75.3 Å². The van der Waals surface area contributed by atoms with Gasteiger partial charge in [0.1, 0.15) is 0 Å². The molecule has 3 rings (SSSR count). The maximum atomic E-state index is 12.6. The minimum Gasteiger partial charge on any atom is -0.346 e. The summed E-state index contributed by atoms with van der Waals surface area (Å²) < 4.78 is 27.6. The zero-order valence-corrected chi connectivity index (χ0v) is 16.5. The van der Waals surface area contributed by atoms with E-state index in [2.05, 4.69) is 10.0 Å². The second kappa shape index (κ2) is 8.27. The molecule has 0 saturated heterocycles. The number of hydrogen-bond acceptors (Lipinski definition) is 3. The minimum atomic E-state index is -3.72. The molecule has 0 aromatic heterocycles. The third kappa shape index (κ3) is 4.78. The number of rotatable bonds is 6. The third-order valence-corrected chi connectivity index (χ3v) is 5.75. The molecule has 0 aliphatic carbocycles. The fourth-order valence-electron chi connectivity index (χ4n) is 2.76. The van der Waals surface area contributed by atoms with Crippen LogP contribution >= 0.6 is 0 Å². The first-order chi connectivity index (χ1) is 13.3. The number of aryl methyl sites for hydroxylation is 1. The largest absolute Gasteiger partial charge is 0.346 e. The van der Waals surface area contributed by atoms with E-state index in [1.807, 2.05) is 44.2 Å². The van der Waals surface area contributed by atoms with Crippen molar-refractivity contribution in [1.29, 1.82) is 0 Å². The van der Waals surface area contributed by atoms with Crippen LogP contribution in [0.4, 0.5) is 5.69 Å². The highest BCUT2D eigenvalue weighted by Crippen LogP contribution is 2.19. The first-order valence-electron chi connectivity index (χ1n) is 8.90. The number of hydrogen-bond donors (Lipinski definition) is 2. The first kappa shape index (κ1) is 19.6. The van der Waals surface area contributed by atoms with Crippen LogP contribution in [0.15, 0.2) is 83.8 Å². The van der Waals surface area contributed by atoms with Gasteiger partial charge >= 0.3 is 0 Å². The highest BCUT2D eigenvalue weighted by atomic mass is 32.2. The second-order valence-electron chi connectivity index (χ2n) is 6.61. The van der Waals surface area contributed by atoms with Crippen LogP contribution in [0, 0.1) is 6.92 Å². The lowest BCUT2D eigenvalue weighted by atomic mass is 10.1. The number of amides is 1. The monoisotopic (exact) mass is 394 g/mol. The van der Waals surface area contributed by atoms with Gasteiger partial charge in [-0.25, -0.2) is 8.42 Å². The van der Waals surface area contributed by atoms with Gasteiger partial charge in [-0.05, 0) is 49.7 Å². The molecule has 28 heavy (non-hydrogen) atoms. The van der Waals surface area contributed by atoms with Crippen molar-refractivity contribution in [1.82, 2.24) is 5.32 Å². The molecule has 1 amide bonds. The van der Waals surface area contributed by atoms with Crippen LogP contribution in [0.3, 0.4) is 0 Å². The number of sulfonamides is 1. The molecule has 0 radical (unpaired) electrons. The van der Waals surface area contributed by atoms with Crippen LogP contribution in [0.25, 0.3) is 0 Å². The number of benzene rings is 3. The smallest absolute Gasteiger partial charge is 0.261 e. The highest BCUT2D eigenvalue weighted by molar-refractivity contribution is 7.92.